The minimum Gasteiger partial charge on any atom is -0.297 e. The summed E-state index contributed by atoms with van der Waals surface area (Å²) in [7, 11) is 1.67. The first-order chi connectivity index (χ1) is 9.91. The lowest BCUT2D eigenvalue weighted by Crippen LogP contribution is -2.29. The molecule has 1 amide bonds. The van der Waals surface area contributed by atoms with E-state index in [1.807, 2.05) is 0 Å². The number of carbonyl (C=O) groups is 2. The molecule has 3 rings (SSSR count). The normalized spacial score (nSPS) is 14.0. The first kappa shape index (κ1) is 13.8. The van der Waals surface area contributed by atoms with Crippen LogP contribution in [0, 0.1) is 12.7 Å². The predicted octanol–water partition coefficient (Wildman–Crippen LogP) is 2.25. The van der Waals surface area contributed by atoms with Crippen LogP contribution in [0.3, 0.4) is 0 Å². The number of halogens is 2. The largest absolute Gasteiger partial charge is 0.299 e. The van der Waals surface area contributed by atoms with Crippen molar-refractivity contribution in [2.75, 3.05) is 4.90 Å². The highest BCUT2D eigenvalue weighted by Crippen LogP contribution is 2.34. The highest BCUT2D eigenvalue weighted by Gasteiger charge is 2.38. The fourth-order valence-corrected chi connectivity index (χ4v) is 2.71. The summed E-state index contributed by atoms with van der Waals surface area (Å²) >= 11 is 6.13. The van der Waals surface area contributed by atoms with Crippen LogP contribution >= 0.6 is 11.6 Å². The second-order valence-corrected chi connectivity index (χ2v) is 5.19. The van der Waals surface area contributed by atoms with Crippen molar-refractivity contribution in [2.24, 2.45) is 7.05 Å². The van der Waals surface area contributed by atoms with Crippen molar-refractivity contribution in [3.05, 3.63) is 46.0 Å². The zero-order chi connectivity index (χ0) is 15.3. The first-order valence-corrected chi connectivity index (χ1v) is 6.62. The fourth-order valence-electron chi connectivity index (χ4n) is 2.47. The van der Waals surface area contributed by atoms with E-state index in [4.69, 9.17) is 11.6 Å². The standard InChI is InChI=1S/C14H11ClFN3O2/c1-7-9(13(15)18(2)17-7)6-19-11-8(12(20)14(19)21)4-3-5-10(11)16/h3-5H,6H2,1-2H3. The summed E-state index contributed by atoms with van der Waals surface area (Å²) in [6.45, 7) is 1.75. The summed E-state index contributed by atoms with van der Waals surface area (Å²) in [5.74, 6) is -2.07. The molecule has 0 radical (unpaired) electrons. The molecule has 0 bridgehead atoms. The summed E-state index contributed by atoms with van der Waals surface area (Å²) in [5.41, 5.74) is 1.31. The number of para-hydroxylation sites is 1. The summed E-state index contributed by atoms with van der Waals surface area (Å²) in [6.07, 6.45) is 0. The molecule has 0 fully saturated rings. The van der Waals surface area contributed by atoms with E-state index in [0.29, 0.717) is 16.4 Å². The Morgan fingerprint density at radius 3 is 2.67 bits per heavy atom. The van der Waals surface area contributed by atoms with Crippen molar-refractivity contribution in [3.63, 3.8) is 0 Å². The molecule has 0 aliphatic carbocycles. The summed E-state index contributed by atoms with van der Waals surface area (Å²) < 4.78 is 15.5. The fraction of sp³-hybridized carbons (Fsp3) is 0.214. The number of hydrogen-bond acceptors (Lipinski definition) is 3. The third-order valence-corrected chi connectivity index (χ3v) is 4.00. The molecule has 5 nitrogen and oxygen atoms in total. The van der Waals surface area contributed by atoms with Gasteiger partial charge in [-0.15, -0.1) is 0 Å². The Balaban J connectivity index is 2.08. The Hall–Kier alpha value is -2.21. The SMILES string of the molecule is Cc1nn(C)c(Cl)c1CN1C(=O)C(=O)c2cccc(F)c21. The van der Waals surface area contributed by atoms with Crippen molar-refractivity contribution < 1.29 is 14.0 Å². The number of amides is 1. The van der Waals surface area contributed by atoms with Crippen LogP contribution in [0.1, 0.15) is 21.6 Å². The molecule has 2 aromatic rings. The number of rotatable bonds is 2. The van der Waals surface area contributed by atoms with E-state index in [9.17, 15) is 14.0 Å². The molecule has 0 N–H and O–H groups in total. The lowest BCUT2D eigenvalue weighted by atomic mass is 10.1. The molecule has 0 spiro atoms. The van der Waals surface area contributed by atoms with Crippen molar-refractivity contribution in [2.45, 2.75) is 13.5 Å². The molecule has 0 saturated carbocycles. The van der Waals surface area contributed by atoms with Crippen LogP contribution in [-0.4, -0.2) is 21.5 Å². The minimum absolute atomic E-state index is 0.00631. The average molecular weight is 308 g/mol. The molecule has 2 heterocycles. The Kier molecular flexibility index (Phi) is 3.06. The Morgan fingerprint density at radius 1 is 1.33 bits per heavy atom. The summed E-state index contributed by atoms with van der Waals surface area (Å²) in [5, 5.41) is 4.50. The molecular formula is C14H11ClFN3O2. The maximum Gasteiger partial charge on any atom is 0.299 e. The number of ketones is 1. The number of hydrogen-bond donors (Lipinski definition) is 0. The van der Waals surface area contributed by atoms with Gasteiger partial charge >= 0.3 is 0 Å². The van der Waals surface area contributed by atoms with Crippen molar-refractivity contribution in [3.8, 4) is 0 Å². The number of aryl methyl sites for hydroxylation is 2. The molecule has 1 aromatic heterocycles. The Labute approximate surface area is 124 Å². The van der Waals surface area contributed by atoms with E-state index in [0.717, 1.165) is 4.90 Å². The molecule has 1 aromatic carbocycles. The number of anilines is 1. The Morgan fingerprint density at radius 2 is 2.05 bits per heavy atom. The van der Waals surface area contributed by atoms with Crippen LogP contribution in [0.2, 0.25) is 5.15 Å². The summed E-state index contributed by atoms with van der Waals surface area (Å²) in [4.78, 5) is 25.1. The van der Waals surface area contributed by atoms with Crippen LogP contribution in [0.4, 0.5) is 10.1 Å². The van der Waals surface area contributed by atoms with Gasteiger partial charge in [-0.2, -0.15) is 5.10 Å². The van der Waals surface area contributed by atoms with E-state index >= 15 is 0 Å². The zero-order valence-electron chi connectivity index (χ0n) is 11.4. The second kappa shape index (κ2) is 4.66. The van der Waals surface area contributed by atoms with E-state index in [1.165, 1.54) is 22.9 Å². The molecule has 1 aliphatic heterocycles. The molecule has 1 aliphatic rings. The van der Waals surface area contributed by atoms with E-state index in [-0.39, 0.29) is 17.8 Å². The van der Waals surface area contributed by atoms with Gasteiger partial charge in [0.2, 0.25) is 0 Å². The molecule has 0 unspecified atom stereocenters. The smallest absolute Gasteiger partial charge is 0.297 e. The molecule has 0 atom stereocenters. The Bertz CT molecular complexity index is 785. The molecule has 0 saturated heterocycles. The lowest BCUT2D eigenvalue weighted by molar-refractivity contribution is -0.114. The quantitative estimate of drug-likeness (QED) is 0.800. The number of carbonyl (C=O) groups excluding carboxylic acids is 2. The van der Waals surface area contributed by atoms with E-state index in [2.05, 4.69) is 5.10 Å². The van der Waals surface area contributed by atoms with Gasteiger partial charge in [0.05, 0.1) is 23.5 Å². The van der Waals surface area contributed by atoms with Crippen LogP contribution < -0.4 is 4.90 Å². The van der Waals surface area contributed by atoms with Gasteiger partial charge in [0.25, 0.3) is 11.7 Å². The highest BCUT2D eigenvalue weighted by molar-refractivity contribution is 6.52. The third-order valence-electron chi connectivity index (χ3n) is 3.53. The number of aromatic nitrogens is 2. The predicted molar refractivity (Wildman–Crippen MR) is 74.9 cm³/mol. The van der Waals surface area contributed by atoms with Gasteiger partial charge < -0.3 is 0 Å². The van der Waals surface area contributed by atoms with Crippen molar-refractivity contribution in [1.82, 2.24) is 9.78 Å². The first-order valence-electron chi connectivity index (χ1n) is 6.24. The van der Waals surface area contributed by atoms with Gasteiger partial charge in [-0.25, -0.2) is 4.39 Å². The third kappa shape index (κ3) is 1.94. The van der Waals surface area contributed by atoms with Crippen molar-refractivity contribution >= 4 is 29.0 Å². The number of nitrogens with zero attached hydrogens (tertiary/aromatic N) is 3. The zero-order valence-corrected chi connectivity index (χ0v) is 12.1. The van der Waals surface area contributed by atoms with Gasteiger partial charge in [0.15, 0.2) is 0 Å². The van der Waals surface area contributed by atoms with E-state index < -0.39 is 17.5 Å². The van der Waals surface area contributed by atoms with Crippen LogP contribution in [0.25, 0.3) is 0 Å². The maximum absolute atomic E-state index is 14.0. The minimum atomic E-state index is -0.755. The van der Waals surface area contributed by atoms with Gasteiger partial charge in [0, 0.05) is 12.6 Å². The molecular weight excluding hydrogens is 297 g/mol. The number of fused-ring (bicyclic) bond motifs is 1. The second-order valence-electron chi connectivity index (χ2n) is 4.83. The van der Waals surface area contributed by atoms with E-state index in [1.54, 1.807) is 14.0 Å². The van der Waals surface area contributed by atoms with Crippen molar-refractivity contribution in [1.29, 1.82) is 0 Å². The number of benzene rings is 1. The average Bonchev–Trinajstić information content (AvgIpc) is 2.83. The molecule has 108 valence electrons. The van der Waals surface area contributed by atoms with Gasteiger partial charge in [-0.1, -0.05) is 17.7 Å². The molecule has 21 heavy (non-hydrogen) atoms. The van der Waals surface area contributed by atoms with Crippen LogP contribution in [-0.2, 0) is 18.4 Å². The monoisotopic (exact) mass is 307 g/mol. The van der Waals surface area contributed by atoms with Crippen LogP contribution in [0.15, 0.2) is 18.2 Å². The van der Waals surface area contributed by atoms with Gasteiger partial charge in [0.1, 0.15) is 11.0 Å². The lowest BCUT2D eigenvalue weighted by Gasteiger charge is -2.16. The maximum atomic E-state index is 14.0. The van der Waals surface area contributed by atoms with Gasteiger partial charge in [-0.05, 0) is 19.1 Å². The van der Waals surface area contributed by atoms with Gasteiger partial charge in [-0.3, -0.25) is 19.2 Å². The molecule has 7 heteroatoms. The number of Topliss-reactive ketones (excluding diaryl/α,β-unsaturated/α-hetero) is 1. The topological polar surface area (TPSA) is 55.2 Å². The highest BCUT2D eigenvalue weighted by atomic mass is 35.5. The summed E-state index contributed by atoms with van der Waals surface area (Å²) in [6, 6.07) is 4.07. The van der Waals surface area contributed by atoms with Crippen LogP contribution in [0.5, 0.6) is 0 Å².